The van der Waals surface area contributed by atoms with Gasteiger partial charge in [-0.25, -0.2) is 0 Å². The molecule has 2 heterocycles. The Morgan fingerprint density at radius 3 is 2.30 bits per heavy atom. The summed E-state index contributed by atoms with van der Waals surface area (Å²) in [6.07, 6.45) is 1.21. The van der Waals surface area contributed by atoms with Gasteiger partial charge in [0.15, 0.2) is 0 Å². The summed E-state index contributed by atoms with van der Waals surface area (Å²) in [7, 11) is 0. The Bertz CT molecular complexity index is 155. The number of nitrogens with one attached hydrogen (secondary N) is 1. The fraction of sp³-hybridized carbons (Fsp3) is 0.857. The zero-order valence-electron chi connectivity index (χ0n) is 5.84. The van der Waals surface area contributed by atoms with E-state index in [-0.39, 0.29) is 11.8 Å². The molecule has 10 heavy (non-hydrogen) atoms. The lowest BCUT2D eigenvalue weighted by atomic mass is 9.62. The van der Waals surface area contributed by atoms with Crippen LogP contribution in [0.3, 0.4) is 0 Å². The van der Waals surface area contributed by atoms with E-state index in [1.165, 1.54) is 6.42 Å². The van der Waals surface area contributed by atoms with Gasteiger partial charge in [0, 0.05) is 5.92 Å². The van der Waals surface area contributed by atoms with Gasteiger partial charge in [0.1, 0.15) is 0 Å². The Kier molecular flexibility index (Phi) is 1.20. The molecule has 0 aromatic heterocycles. The number of hydrogen-bond acceptors (Lipinski definition) is 2. The van der Waals surface area contributed by atoms with E-state index >= 15 is 0 Å². The van der Waals surface area contributed by atoms with Gasteiger partial charge >= 0.3 is 0 Å². The smallest absolute Gasteiger partial charge is 0.221 e. The molecule has 2 bridgehead atoms. The summed E-state index contributed by atoms with van der Waals surface area (Å²) in [5.41, 5.74) is 5.22. The van der Waals surface area contributed by atoms with Gasteiger partial charge in [-0.1, -0.05) is 0 Å². The minimum atomic E-state index is -0.0947. The number of nitrogens with two attached hydrogens (primary N) is 1. The van der Waals surface area contributed by atoms with E-state index < -0.39 is 0 Å². The van der Waals surface area contributed by atoms with Gasteiger partial charge in [-0.3, -0.25) is 4.79 Å². The topological polar surface area (TPSA) is 55.1 Å². The summed E-state index contributed by atoms with van der Waals surface area (Å²) in [5, 5.41) is 3.26. The normalized spacial score (nSPS) is 44.2. The molecule has 3 heteroatoms. The Balaban J connectivity index is 2.06. The first-order chi connectivity index (χ1) is 4.79. The van der Waals surface area contributed by atoms with E-state index in [0.29, 0.717) is 11.8 Å². The van der Waals surface area contributed by atoms with Gasteiger partial charge in [-0.2, -0.15) is 0 Å². The third-order valence-electron chi connectivity index (χ3n) is 2.76. The number of piperidine rings is 2. The first kappa shape index (κ1) is 6.16. The molecule has 2 aliphatic heterocycles. The predicted octanol–water partition coefficient (Wildman–Crippen LogP) is -0.673. The van der Waals surface area contributed by atoms with E-state index in [4.69, 9.17) is 5.73 Å². The van der Waals surface area contributed by atoms with Gasteiger partial charge in [0.2, 0.25) is 5.91 Å². The molecule has 0 aromatic rings. The second kappa shape index (κ2) is 1.95. The van der Waals surface area contributed by atoms with Gasteiger partial charge in [0.25, 0.3) is 0 Å². The third-order valence-corrected chi connectivity index (χ3v) is 2.76. The number of carbonyl (C=O) groups is 1. The first-order valence-electron chi connectivity index (χ1n) is 3.79. The second-order valence-electron chi connectivity index (χ2n) is 3.34. The fourth-order valence-electron chi connectivity index (χ4n) is 2.21. The van der Waals surface area contributed by atoms with Crippen LogP contribution in [0.15, 0.2) is 0 Å². The summed E-state index contributed by atoms with van der Waals surface area (Å²) in [4.78, 5) is 10.8. The Morgan fingerprint density at radius 1 is 1.40 bits per heavy atom. The maximum absolute atomic E-state index is 10.8. The highest BCUT2D eigenvalue weighted by atomic mass is 16.1. The van der Waals surface area contributed by atoms with E-state index in [0.717, 1.165) is 13.1 Å². The molecule has 0 spiro atoms. The van der Waals surface area contributed by atoms with Crippen LogP contribution in [0, 0.1) is 17.8 Å². The van der Waals surface area contributed by atoms with Crippen LogP contribution >= 0.6 is 0 Å². The maximum Gasteiger partial charge on any atom is 0.221 e. The highest BCUT2D eigenvalue weighted by Crippen LogP contribution is 2.42. The number of fused-ring (bicyclic) bond motifs is 2. The monoisotopic (exact) mass is 140 g/mol. The zero-order valence-corrected chi connectivity index (χ0v) is 5.84. The quantitative estimate of drug-likeness (QED) is 0.507. The molecule has 1 amide bonds. The zero-order chi connectivity index (χ0) is 7.14. The lowest BCUT2D eigenvalue weighted by Crippen LogP contribution is -2.57. The largest absolute Gasteiger partial charge is 0.369 e. The standard InChI is InChI=1S/C7H12N2O/c8-7(10)6-4-1-5(6)3-9-2-4/h4-6,9H,1-3H2,(H2,8,10). The molecule has 1 saturated carbocycles. The summed E-state index contributed by atoms with van der Waals surface area (Å²) < 4.78 is 0. The fourth-order valence-corrected chi connectivity index (χ4v) is 2.21. The van der Waals surface area contributed by atoms with Crippen LogP contribution in [0.2, 0.25) is 0 Å². The van der Waals surface area contributed by atoms with Crippen LogP contribution in [0.5, 0.6) is 0 Å². The van der Waals surface area contributed by atoms with Crippen LogP contribution in [0.1, 0.15) is 6.42 Å². The number of carbonyl (C=O) groups excluding carboxylic acids is 1. The molecular formula is C7H12N2O. The van der Waals surface area contributed by atoms with Crippen molar-refractivity contribution >= 4 is 5.91 Å². The molecule has 0 radical (unpaired) electrons. The van der Waals surface area contributed by atoms with Gasteiger partial charge < -0.3 is 11.1 Å². The van der Waals surface area contributed by atoms with Gasteiger partial charge in [-0.05, 0) is 31.3 Å². The number of amides is 1. The molecule has 0 aromatic carbocycles. The van der Waals surface area contributed by atoms with Crippen LogP contribution < -0.4 is 11.1 Å². The molecule has 3 aliphatic rings. The van der Waals surface area contributed by atoms with E-state index in [1.807, 2.05) is 0 Å². The van der Waals surface area contributed by atoms with Crippen molar-refractivity contribution in [2.45, 2.75) is 6.42 Å². The number of hydrogen-bond donors (Lipinski definition) is 2. The molecule has 2 saturated heterocycles. The van der Waals surface area contributed by atoms with Gasteiger partial charge in [-0.15, -0.1) is 0 Å². The molecular weight excluding hydrogens is 128 g/mol. The van der Waals surface area contributed by atoms with Crippen molar-refractivity contribution in [2.24, 2.45) is 23.5 Å². The van der Waals surface area contributed by atoms with Crippen molar-refractivity contribution in [3.63, 3.8) is 0 Å². The summed E-state index contributed by atoms with van der Waals surface area (Å²) in [6, 6.07) is 0. The van der Waals surface area contributed by atoms with Crippen molar-refractivity contribution in [3.8, 4) is 0 Å². The van der Waals surface area contributed by atoms with Crippen molar-refractivity contribution in [3.05, 3.63) is 0 Å². The second-order valence-corrected chi connectivity index (χ2v) is 3.34. The average Bonchev–Trinajstić information content (AvgIpc) is 1.87. The molecule has 3 nitrogen and oxygen atoms in total. The molecule has 2 unspecified atom stereocenters. The van der Waals surface area contributed by atoms with Crippen LogP contribution in [-0.2, 0) is 4.79 Å². The van der Waals surface area contributed by atoms with Crippen LogP contribution in [0.4, 0.5) is 0 Å². The number of primary amides is 1. The summed E-state index contributed by atoms with van der Waals surface area (Å²) >= 11 is 0. The average molecular weight is 140 g/mol. The number of rotatable bonds is 1. The van der Waals surface area contributed by atoms with Crippen molar-refractivity contribution in [2.75, 3.05) is 13.1 Å². The Labute approximate surface area is 60.0 Å². The molecule has 3 rings (SSSR count). The van der Waals surface area contributed by atoms with Crippen LogP contribution in [-0.4, -0.2) is 19.0 Å². The van der Waals surface area contributed by atoms with E-state index in [2.05, 4.69) is 5.32 Å². The minimum absolute atomic E-state index is 0.0947. The summed E-state index contributed by atoms with van der Waals surface area (Å²) in [5.74, 6) is 1.21. The summed E-state index contributed by atoms with van der Waals surface area (Å²) in [6.45, 7) is 1.98. The lowest BCUT2D eigenvalue weighted by molar-refractivity contribution is -0.132. The maximum atomic E-state index is 10.8. The van der Waals surface area contributed by atoms with Gasteiger partial charge in [0.05, 0.1) is 0 Å². The van der Waals surface area contributed by atoms with Crippen molar-refractivity contribution in [1.82, 2.24) is 5.32 Å². The first-order valence-corrected chi connectivity index (χ1v) is 3.79. The molecule has 3 fully saturated rings. The van der Waals surface area contributed by atoms with Crippen molar-refractivity contribution in [1.29, 1.82) is 0 Å². The molecule has 1 aliphatic carbocycles. The molecule has 2 atom stereocenters. The Hall–Kier alpha value is -0.570. The minimum Gasteiger partial charge on any atom is -0.369 e. The SMILES string of the molecule is NC(=O)C1C2CNCC1C2. The predicted molar refractivity (Wildman–Crippen MR) is 37.2 cm³/mol. The highest BCUT2D eigenvalue weighted by Gasteiger charge is 2.46. The highest BCUT2D eigenvalue weighted by molar-refractivity contribution is 5.78. The van der Waals surface area contributed by atoms with E-state index in [9.17, 15) is 4.79 Å². The molecule has 56 valence electrons. The Morgan fingerprint density at radius 2 is 2.00 bits per heavy atom. The molecule has 3 N–H and O–H groups in total. The van der Waals surface area contributed by atoms with Crippen LogP contribution in [0.25, 0.3) is 0 Å². The third kappa shape index (κ3) is 0.669. The van der Waals surface area contributed by atoms with E-state index in [1.54, 1.807) is 0 Å². The van der Waals surface area contributed by atoms with Crippen molar-refractivity contribution < 1.29 is 4.79 Å². The lowest BCUT2D eigenvalue weighted by Gasteiger charge is -2.47.